The molecule has 6 nitrogen and oxygen atoms in total. The van der Waals surface area contributed by atoms with Gasteiger partial charge in [0.2, 0.25) is 5.43 Å². The summed E-state index contributed by atoms with van der Waals surface area (Å²) in [5.41, 5.74) is 1.34. The third-order valence-electron chi connectivity index (χ3n) is 4.42. The van der Waals surface area contributed by atoms with E-state index in [0.717, 1.165) is 10.5 Å². The Hall–Kier alpha value is -3.19. The highest BCUT2D eigenvalue weighted by atomic mass is 79.9. The van der Waals surface area contributed by atoms with Crippen molar-refractivity contribution in [3.8, 4) is 34.3 Å². The zero-order chi connectivity index (χ0) is 19.3. The van der Waals surface area contributed by atoms with Gasteiger partial charge in [-0.25, -0.2) is 0 Å². The van der Waals surface area contributed by atoms with Crippen molar-refractivity contribution in [1.29, 1.82) is 0 Å². The summed E-state index contributed by atoms with van der Waals surface area (Å²) in [5, 5.41) is 40.3. The number of phenols is 4. The average Bonchev–Trinajstić information content (AvgIpc) is 2.61. The smallest absolute Gasteiger partial charge is 0.223 e. The summed E-state index contributed by atoms with van der Waals surface area (Å²) >= 11 is 3.37. The first-order chi connectivity index (χ1) is 12.8. The second-order valence-corrected chi connectivity index (χ2v) is 7.10. The third-order valence-corrected chi connectivity index (χ3v) is 4.91. The lowest BCUT2D eigenvalue weighted by atomic mass is 9.93. The van der Waals surface area contributed by atoms with Crippen LogP contribution in [0.3, 0.4) is 0 Å². The molecule has 7 heteroatoms. The van der Waals surface area contributed by atoms with Crippen LogP contribution in [0.15, 0.2) is 56.1 Å². The first kappa shape index (κ1) is 17.2. The van der Waals surface area contributed by atoms with Gasteiger partial charge in [-0.05, 0) is 41.5 Å². The second kappa shape index (κ2) is 6.21. The van der Waals surface area contributed by atoms with Gasteiger partial charge in [-0.3, -0.25) is 4.79 Å². The van der Waals surface area contributed by atoms with Crippen molar-refractivity contribution in [2.45, 2.75) is 6.42 Å². The van der Waals surface area contributed by atoms with Crippen molar-refractivity contribution in [2.75, 3.05) is 0 Å². The minimum atomic E-state index is -0.593. The van der Waals surface area contributed by atoms with Gasteiger partial charge in [0.05, 0.1) is 0 Å². The van der Waals surface area contributed by atoms with Crippen LogP contribution in [0.5, 0.6) is 23.0 Å². The first-order valence-electron chi connectivity index (χ1n) is 7.95. The summed E-state index contributed by atoms with van der Waals surface area (Å²) in [6.45, 7) is 0. The van der Waals surface area contributed by atoms with Crippen molar-refractivity contribution in [2.24, 2.45) is 0 Å². The zero-order valence-electron chi connectivity index (χ0n) is 13.7. The molecule has 0 saturated heterocycles. The van der Waals surface area contributed by atoms with Gasteiger partial charge in [0.25, 0.3) is 0 Å². The van der Waals surface area contributed by atoms with Crippen LogP contribution in [0.1, 0.15) is 11.1 Å². The van der Waals surface area contributed by atoms with E-state index in [9.17, 15) is 25.2 Å². The van der Waals surface area contributed by atoms with Gasteiger partial charge in [-0.2, -0.15) is 0 Å². The van der Waals surface area contributed by atoms with Crippen molar-refractivity contribution in [1.82, 2.24) is 0 Å². The fourth-order valence-electron chi connectivity index (χ4n) is 3.09. The molecule has 0 fully saturated rings. The normalized spacial score (nSPS) is 11.3. The summed E-state index contributed by atoms with van der Waals surface area (Å²) < 4.78 is 6.47. The summed E-state index contributed by atoms with van der Waals surface area (Å²) in [6, 6.07) is 10.1. The van der Waals surface area contributed by atoms with Crippen LogP contribution in [0.25, 0.3) is 22.3 Å². The zero-order valence-corrected chi connectivity index (χ0v) is 15.3. The molecule has 1 aliphatic carbocycles. The molecule has 27 heavy (non-hydrogen) atoms. The van der Waals surface area contributed by atoms with Gasteiger partial charge in [0, 0.05) is 34.0 Å². The van der Waals surface area contributed by atoms with E-state index in [2.05, 4.69) is 15.9 Å². The van der Waals surface area contributed by atoms with Crippen LogP contribution in [0, 0.1) is 0 Å². The Balaban J connectivity index is 2.08. The Kier molecular flexibility index (Phi) is 3.96. The molecule has 2 aliphatic rings. The van der Waals surface area contributed by atoms with Crippen molar-refractivity contribution < 1.29 is 24.8 Å². The highest BCUT2D eigenvalue weighted by molar-refractivity contribution is 9.10. The van der Waals surface area contributed by atoms with Crippen LogP contribution in [0.4, 0.5) is 0 Å². The topological polar surface area (TPSA) is 111 Å². The number of hydrogen-bond acceptors (Lipinski definition) is 6. The monoisotopic (exact) mass is 428 g/mol. The molecule has 0 spiro atoms. The Bertz CT molecular complexity index is 1230. The fraction of sp³-hybridized carbons (Fsp3) is 0.0500. The van der Waals surface area contributed by atoms with E-state index in [1.54, 1.807) is 18.2 Å². The van der Waals surface area contributed by atoms with E-state index >= 15 is 0 Å². The fourth-order valence-corrected chi connectivity index (χ4v) is 3.50. The quantitative estimate of drug-likeness (QED) is 0.282. The van der Waals surface area contributed by atoms with Crippen molar-refractivity contribution in [3.63, 3.8) is 0 Å². The molecule has 0 saturated carbocycles. The minimum absolute atomic E-state index is 0.0768. The van der Waals surface area contributed by atoms with Crippen molar-refractivity contribution >= 4 is 26.9 Å². The molecule has 4 N–H and O–H groups in total. The van der Waals surface area contributed by atoms with E-state index in [4.69, 9.17) is 4.42 Å². The predicted octanol–water partition coefficient (Wildman–Crippen LogP) is 4.07. The van der Waals surface area contributed by atoms with E-state index in [-0.39, 0.29) is 35.0 Å². The molecule has 4 rings (SSSR count). The predicted molar refractivity (Wildman–Crippen MR) is 103 cm³/mol. The number of phenolic OH excluding ortho intramolecular Hbond substituents is 4. The molecule has 2 aromatic carbocycles. The van der Waals surface area contributed by atoms with E-state index in [1.807, 2.05) is 0 Å². The molecular weight excluding hydrogens is 416 g/mol. The molecule has 0 radical (unpaired) electrons. The average molecular weight is 429 g/mol. The lowest BCUT2D eigenvalue weighted by Crippen LogP contribution is -2.03. The molecule has 0 unspecified atom stereocenters. The second-order valence-electron chi connectivity index (χ2n) is 6.18. The number of hydrogen-bond donors (Lipinski definition) is 4. The lowest BCUT2D eigenvalue weighted by molar-refractivity contribution is 0.403. The maximum atomic E-state index is 11.8. The van der Waals surface area contributed by atoms with Gasteiger partial charge in [-0.1, -0.05) is 15.9 Å². The number of halogens is 1. The molecule has 0 atom stereocenters. The molecule has 2 aromatic rings. The van der Waals surface area contributed by atoms with Crippen LogP contribution in [-0.4, -0.2) is 20.4 Å². The summed E-state index contributed by atoms with van der Waals surface area (Å²) in [7, 11) is 0. The lowest BCUT2D eigenvalue weighted by Gasteiger charge is -2.16. The highest BCUT2D eigenvalue weighted by Crippen LogP contribution is 2.40. The Labute approximate surface area is 161 Å². The van der Waals surface area contributed by atoms with Crippen LogP contribution < -0.4 is 5.43 Å². The highest BCUT2D eigenvalue weighted by Gasteiger charge is 2.20. The molecular formula is C20H13BrO6. The molecule has 0 bridgehead atoms. The van der Waals surface area contributed by atoms with Crippen molar-refractivity contribution in [3.05, 3.63) is 68.3 Å². The summed E-state index contributed by atoms with van der Waals surface area (Å²) in [5.74, 6) is -0.822. The van der Waals surface area contributed by atoms with E-state index in [1.165, 1.54) is 18.2 Å². The van der Waals surface area contributed by atoms with Crippen LogP contribution in [0.2, 0.25) is 0 Å². The SMILES string of the molecule is O=c1cc2oc3cc(O)c(O)cc3c(Cc3cc(Br)ccc3O)c-2cc1O. The number of benzene rings is 3. The molecule has 1 aliphatic heterocycles. The van der Waals surface area contributed by atoms with Gasteiger partial charge >= 0.3 is 0 Å². The third kappa shape index (κ3) is 2.96. The van der Waals surface area contributed by atoms with E-state index < -0.39 is 11.2 Å². The molecule has 0 aromatic heterocycles. The number of rotatable bonds is 2. The number of aromatic hydroxyl groups is 4. The molecule has 136 valence electrons. The van der Waals surface area contributed by atoms with Gasteiger partial charge < -0.3 is 24.8 Å². The molecule has 1 heterocycles. The Morgan fingerprint density at radius 1 is 0.852 bits per heavy atom. The maximum Gasteiger partial charge on any atom is 0.223 e. The number of fused-ring (bicyclic) bond motifs is 2. The van der Waals surface area contributed by atoms with Gasteiger partial charge in [-0.15, -0.1) is 0 Å². The van der Waals surface area contributed by atoms with Gasteiger partial charge in [0.15, 0.2) is 17.2 Å². The van der Waals surface area contributed by atoms with Crippen LogP contribution in [-0.2, 0) is 6.42 Å². The minimum Gasteiger partial charge on any atom is -0.508 e. The Morgan fingerprint density at radius 3 is 2.37 bits per heavy atom. The first-order valence-corrected chi connectivity index (χ1v) is 8.74. The summed E-state index contributed by atoms with van der Waals surface area (Å²) in [6.07, 6.45) is 0.233. The van der Waals surface area contributed by atoms with Crippen LogP contribution >= 0.6 is 15.9 Å². The van der Waals surface area contributed by atoms with E-state index in [0.29, 0.717) is 22.1 Å². The molecule has 0 amide bonds. The maximum absolute atomic E-state index is 11.8. The largest absolute Gasteiger partial charge is 0.508 e. The summed E-state index contributed by atoms with van der Waals surface area (Å²) in [4.78, 5) is 11.8. The van der Waals surface area contributed by atoms with Gasteiger partial charge in [0.1, 0.15) is 17.1 Å². The Morgan fingerprint density at radius 2 is 1.59 bits per heavy atom. The standard InChI is InChI=1S/C20H13BrO6/c21-10-1-2-14(22)9(3-10)4-11-12-5-15(23)17(25)7-19(12)27-20-8-18(26)16(24)6-13(11)20/h1-3,5-8,22-25H,4H2.